The van der Waals surface area contributed by atoms with E-state index in [9.17, 15) is 8.78 Å². The monoisotopic (exact) mass is 288 g/mol. The van der Waals surface area contributed by atoms with Gasteiger partial charge in [-0.05, 0) is 6.07 Å². The first-order chi connectivity index (χ1) is 9.02. The molecule has 0 spiro atoms. The van der Waals surface area contributed by atoms with Crippen LogP contribution in [0.1, 0.15) is 12.0 Å². The zero-order chi connectivity index (χ0) is 14.3. The van der Waals surface area contributed by atoms with Crippen LogP contribution in [0, 0.1) is 11.6 Å². The zero-order valence-electron chi connectivity index (χ0n) is 10.9. The summed E-state index contributed by atoms with van der Waals surface area (Å²) in [5.41, 5.74) is 5.91. The summed E-state index contributed by atoms with van der Waals surface area (Å²) in [5.74, 6) is -1.12. The third kappa shape index (κ3) is 6.04. The molecule has 1 aromatic carbocycles. The Bertz CT molecular complexity index is 429. The predicted molar refractivity (Wildman–Crippen MR) is 74.9 cm³/mol. The zero-order valence-corrected chi connectivity index (χ0v) is 11.7. The molecule has 0 aromatic heterocycles. The minimum absolute atomic E-state index is 0.373. The standard InChI is InChI=1S/C13H18F2N2OS/c1-18-7-6-17(5-4-13(16)19)9-10-2-3-11(14)8-12(10)15/h2-3,8H,4-7,9H2,1H3,(H2,16,19). The lowest BCUT2D eigenvalue weighted by Crippen LogP contribution is -2.30. The van der Waals surface area contributed by atoms with Crippen molar-refractivity contribution in [3.8, 4) is 0 Å². The van der Waals surface area contributed by atoms with Crippen LogP contribution in [0.3, 0.4) is 0 Å². The van der Waals surface area contributed by atoms with Crippen molar-refractivity contribution in [3.05, 3.63) is 35.4 Å². The molecule has 0 heterocycles. The van der Waals surface area contributed by atoms with E-state index in [2.05, 4.69) is 0 Å². The first kappa shape index (κ1) is 15.9. The maximum atomic E-state index is 13.6. The van der Waals surface area contributed by atoms with Crippen molar-refractivity contribution < 1.29 is 13.5 Å². The Hall–Kier alpha value is -1.11. The number of hydrogen-bond acceptors (Lipinski definition) is 3. The lowest BCUT2D eigenvalue weighted by atomic mass is 10.2. The van der Waals surface area contributed by atoms with Gasteiger partial charge in [0.05, 0.1) is 11.6 Å². The molecule has 0 amide bonds. The van der Waals surface area contributed by atoms with E-state index in [0.717, 1.165) is 6.07 Å². The van der Waals surface area contributed by atoms with Crippen molar-refractivity contribution >= 4 is 17.2 Å². The number of methoxy groups -OCH3 is 1. The number of halogens is 2. The molecule has 0 aliphatic rings. The number of hydrogen-bond donors (Lipinski definition) is 1. The van der Waals surface area contributed by atoms with Gasteiger partial charge in [-0.3, -0.25) is 4.90 Å². The van der Waals surface area contributed by atoms with E-state index >= 15 is 0 Å². The molecule has 0 bridgehead atoms. The van der Waals surface area contributed by atoms with E-state index in [4.69, 9.17) is 22.7 Å². The summed E-state index contributed by atoms with van der Waals surface area (Å²) in [5, 5.41) is 0. The molecule has 106 valence electrons. The van der Waals surface area contributed by atoms with Crippen LogP contribution in [0.15, 0.2) is 18.2 Å². The minimum Gasteiger partial charge on any atom is -0.393 e. The average Bonchev–Trinajstić information content (AvgIpc) is 2.35. The summed E-state index contributed by atoms with van der Waals surface area (Å²) in [7, 11) is 1.60. The number of benzene rings is 1. The third-order valence-electron chi connectivity index (χ3n) is 2.70. The fourth-order valence-corrected chi connectivity index (χ4v) is 1.74. The molecule has 0 saturated carbocycles. The Morgan fingerprint density at radius 1 is 1.37 bits per heavy atom. The maximum Gasteiger partial charge on any atom is 0.130 e. The van der Waals surface area contributed by atoms with Gasteiger partial charge in [-0.15, -0.1) is 0 Å². The van der Waals surface area contributed by atoms with Crippen molar-refractivity contribution in [3.63, 3.8) is 0 Å². The molecule has 0 atom stereocenters. The van der Waals surface area contributed by atoms with Crippen molar-refractivity contribution in [2.75, 3.05) is 26.8 Å². The van der Waals surface area contributed by atoms with Crippen LogP contribution in [-0.4, -0.2) is 36.7 Å². The maximum absolute atomic E-state index is 13.6. The van der Waals surface area contributed by atoms with Crippen molar-refractivity contribution in [1.82, 2.24) is 4.90 Å². The van der Waals surface area contributed by atoms with Crippen molar-refractivity contribution in [2.24, 2.45) is 5.73 Å². The van der Waals surface area contributed by atoms with Gasteiger partial charge in [-0.1, -0.05) is 18.3 Å². The predicted octanol–water partition coefficient (Wildman–Crippen LogP) is 2.09. The number of rotatable bonds is 8. The molecular weight excluding hydrogens is 270 g/mol. The highest BCUT2D eigenvalue weighted by atomic mass is 32.1. The van der Waals surface area contributed by atoms with Gasteiger partial charge < -0.3 is 10.5 Å². The SMILES string of the molecule is COCCN(CCC(N)=S)Cc1ccc(F)cc1F. The van der Waals surface area contributed by atoms with Crippen LogP contribution in [0.2, 0.25) is 0 Å². The van der Waals surface area contributed by atoms with Crippen LogP contribution < -0.4 is 5.73 Å². The first-order valence-corrected chi connectivity index (χ1v) is 6.37. The van der Waals surface area contributed by atoms with Gasteiger partial charge in [0, 0.05) is 44.8 Å². The smallest absolute Gasteiger partial charge is 0.130 e. The molecule has 0 aliphatic heterocycles. The van der Waals surface area contributed by atoms with Crippen molar-refractivity contribution in [1.29, 1.82) is 0 Å². The van der Waals surface area contributed by atoms with Crippen LogP contribution in [0.4, 0.5) is 8.78 Å². The molecule has 0 radical (unpaired) electrons. The second kappa shape index (κ2) is 8.14. The Kier molecular flexibility index (Phi) is 6.83. The molecule has 6 heteroatoms. The molecule has 1 rings (SSSR count). The van der Waals surface area contributed by atoms with Gasteiger partial charge in [0.1, 0.15) is 11.6 Å². The Morgan fingerprint density at radius 2 is 2.11 bits per heavy atom. The average molecular weight is 288 g/mol. The van der Waals surface area contributed by atoms with Gasteiger partial charge in [0.2, 0.25) is 0 Å². The van der Waals surface area contributed by atoms with E-state index in [1.165, 1.54) is 12.1 Å². The summed E-state index contributed by atoms with van der Waals surface area (Å²) in [4.78, 5) is 2.39. The normalized spacial score (nSPS) is 10.9. The van der Waals surface area contributed by atoms with E-state index in [1.807, 2.05) is 4.90 Å². The Morgan fingerprint density at radius 3 is 2.68 bits per heavy atom. The Labute approximate surface area is 117 Å². The molecule has 1 aromatic rings. The summed E-state index contributed by atoms with van der Waals surface area (Å²) in [6.45, 7) is 2.16. The quantitative estimate of drug-likeness (QED) is 0.743. The number of ether oxygens (including phenoxy) is 1. The highest BCUT2D eigenvalue weighted by molar-refractivity contribution is 7.80. The second-order valence-electron chi connectivity index (χ2n) is 4.22. The van der Waals surface area contributed by atoms with E-state index < -0.39 is 11.6 Å². The van der Waals surface area contributed by atoms with Crippen LogP contribution in [0.25, 0.3) is 0 Å². The molecular formula is C13H18F2N2OS. The van der Waals surface area contributed by atoms with Gasteiger partial charge in [-0.2, -0.15) is 0 Å². The lowest BCUT2D eigenvalue weighted by molar-refractivity contribution is 0.145. The molecule has 2 N–H and O–H groups in total. The summed E-state index contributed by atoms with van der Waals surface area (Å²) < 4.78 is 31.4. The number of nitrogens with two attached hydrogens (primary N) is 1. The summed E-state index contributed by atoms with van der Waals surface area (Å²) >= 11 is 4.83. The van der Waals surface area contributed by atoms with Gasteiger partial charge in [0.15, 0.2) is 0 Å². The van der Waals surface area contributed by atoms with Gasteiger partial charge in [0.25, 0.3) is 0 Å². The molecule has 0 unspecified atom stereocenters. The van der Waals surface area contributed by atoms with E-state index in [-0.39, 0.29) is 0 Å². The molecule has 0 saturated heterocycles. The molecule has 0 fully saturated rings. The third-order valence-corrected chi connectivity index (χ3v) is 2.90. The molecule has 3 nitrogen and oxygen atoms in total. The van der Waals surface area contributed by atoms with Crippen LogP contribution in [0.5, 0.6) is 0 Å². The Balaban J connectivity index is 2.66. The molecule has 0 aliphatic carbocycles. The molecule has 19 heavy (non-hydrogen) atoms. The van der Waals surface area contributed by atoms with Crippen LogP contribution in [-0.2, 0) is 11.3 Å². The highest BCUT2D eigenvalue weighted by Crippen LogP contribution is 2.12. The largest absolute Gasteiger partial charge is 0.393 e. The fraction of sp³-hybridized carbons (Fsp3) is 0.462. The van der Waals surface area contributed by atoms with Gasteiger partial charge in [-0.25, -0.2) is 8.78 Å². The van der Waals surface area contributed by atoms with Crippen molar-refractivity contribution in [2.45, 2.75) is 13.0 Å². The first-order valence-electron chi connectivity index (χ1n) is 5.96. The minimum atomic E-state index is -0.576. The summed E-state index contributed by atoms with van der Waals surface area (Å²) in [6, 6.07) is 3.59. The fourth-order valence-electron chi connectivity index (χ4n) is 1.65. The van der Waals surface area contributed by atoms with E-state index in [1.54, 1.807) is 7.11 Å². The number of nitrogens with zero attached hydrogens (tertiary/aromatic N) is 1. The second-order valence-corrected chi connectivity index (χ2v) is 4.75. The van der Waals surface area contributed by atoms with E-state index in [0.29, 0.717) is 43.2 Å². The number of thiocarbonyl (C=S) groups is 1. The summed E-state index contributed by atoms with van der Waals surface area (Å²) in [6.07, 6.45) is 0.557. The van der Waals surface area contributed by atoms with Gasteiger partial charge >= 0.3 is 0 Å². The highest BCUT2D eigenvalue weighted by Gasteiger charge is 2.10. The van der Waals surface area contributed by atoms with Crippen LogP contribution >= 0.6 is 12.2 Å². The lowest BCUT2D eigenvalue weighted by Gasteiger charge is -2.22. The topological polar surface area (TPSA) is 38.5 Å².